The highest BCUT2D eigenvalue weighted by molar-refractivity contribution is 6.32. The molecule has 11 heteroatoms. The summed E-state index contributed by atoms with van der Waals surface area (Å²) >= 11 is 6.41. The second-order valence-corrected chi connectivity index (χ2v) is 9.34. The van der Waals surface area contributed by atoms with Crippen LogP contribution in [0, 0.1) is 0 Å². The van der Waals surface area contributed by atoms with Crippen molar-refractivity contribution in [3.8, 4) is 5.75 Å². The molecule has 1 saturated heterocycles. The van der Waals surface area contributed by atoms with Crippen LogP contribution in [0.5, 0.6) is 5.75 Å². The number of carbonyl (C=O) groups excluding carboxylic acids is 1. The van der Waals surface area contributed by atoms with Gasteiger partial charge in [0.15, 0.2) is 18.2 Å². The summed E-state index contributed by atoms with van der Waals surface area (Å²) in [5, 5.41) is 7.03. The van der Waals surface area contributed by atoms with E-state index in [9.17, 15) is 9.59 Å². The average molecular weight is 528 g/mol. The van der Waals surface area contributed by atoms with Crippen LogP contribution in [-0.4, -0.2) is 72.2 Å². The van der Waals surface area contributed by atoms with E-state index >= 15 is 0 Å². The number of pyridine rings is 1. The second kappa shape index (κ2) is 11.8. The zero-order chi connectivity index (χ0) is 26.5. The molecule has 0 unspecified atom stereocenters. The molecule has 37 heavy (non-hydrogen) atoms. The zero-order valence-electron chi connectivity index (χ0n) is 21.8. The fraction of sp³-hybridized carbons (Fsp3) is 0.462. The minimum atomic E-state index is -0.299. The van der Waals surface area contributed by atoms with E-state index in [0.29, 0.717) is 16.8 Å². The van der Waals surface area contributed by atoms with E-state index in [1.165, 1.54) is 7.05 Å². The summed E-state index contributed by atoms with van der Waals surface area (Å²) in [7, 11) is 3.63. The van der Waals surface area contributed by atoms with Crippen molar-refractivity contribution in [2.24, 2.45) is 0 Å². The van der Waals surface area contributed by atoms with Gasteiger partial charge in [0.1, 0.15) is 5.02 Å². The van der Waals surface area contributed by atoms with Crippen LogP contribution in [0.15, 0.2) is 35.3 Å². The molecule has 10 nitrogen and oxygen atoms in total. The molecule has 2 fully saturated rings. The Kier molecular flexibility index (Phi) is 8.50. The van der Waals surface area contributed by atoms with Crippen LogP contribution in [0.4, 0.5) is 17.5 Å². The van der Waals surface area contributed by atoms with Gasteiger partial charge in [0.05, 0.1) is 11.7 Å². The normalized spacial score (nSPS) is 15.6. The number of likely N-dealkylation sites (N-methyl/N-ethyl adjacent to an activating group) is 2. The SMILES string of the molecule is CC.CNC(=O)COc1cc2cc(Nc3nc(N4CCN(C)CC4)ncc3Cl)ccc2n(C2CC2)c1=O. The number of anilines is 3. The van der Waals surface area contributed by atoms with Crippen LogP contribution >= 0.6 is 11.6 Å². The Bertz CT molecular complexity index is 1320. The highest BCUT2D eigenvalue weighted by Gasteiger charge is 2.28. The molecule has 1 aromatic carbocycles. The molecular formula is C26H34ClN7O3. The number of amides is 1. The minimum Gasteiger partial charge on any atom is -0.478 e. The smallest absolute Gasteiger partial charge is 0.293 e. The molecule has 0 radical (unpaired) electrons. The first-order valence-corrected chi connectivity index (χ1v) is 13.1. The largest absolute Gasteiger partial charge is 0.478 e. The summed E-state index contributed by atoms with van der Waals surface area (Å²) in [6, 6.07) is 7.57. The Morgan fingerprint density at radius 3 is 2.57 bits per heavy atom. The van der Waals surface area contributed by atoms with Crippen LogP contribution in [0.3, 0.4) is 0 Å². The Morgan fingerprint density at radius 1 is 1.16 bits per heavy atom. The number of ether oxygens (including phenoxy) is 1. The molecule has 2 aliphatic rings. The van der Waals surface area contributed by atoms with Crippen molar-refractivity contribution in [1.29, 1.82) is 0 Å². The van der Waals surface area contributed by atoms with Crippen molar-refractivity contribution < 1.29 is 9.53 Å². The lowest BCUT2D eigenvalue weighted by molar-refractivity contribution is -0.122. The fourth-order valence-corrected chi connectivity index (χ4v) is 4.29. The first kappa shape index (κ1) is 26.7. The van der Waals surface area contributed by atoms with Gasteiger partial charge in [0.2, 0.25) is 5.95 Å². The maximum absolute atomic E-state index is 13.0. The van der Waals surface area contributed by atoms with Gasteiger partial charge in [-0.3, -0.25) is 9.59 Å². The standard InChI is InChI=1S/C24H28ClN7O3.C2H6/c1-26-21(33)14-35-20-12-15-11-16(3-6-19(15)32(23(20)34)17-4-5-17)28-22-18(25)13-27-24(29-22)31-9-7-30(2)8-10-31;1-2/h3,6,11-13,17H,4-5,7-10,14H2,1-2H3,(H,26,33)(H,27,28,29);1-2H3. The molecule has 198 valence electrons. The van der Waals surface area contributed by atoms with Gasteiger partial charge < -0.3 is 29.7 Å². The third kappa shape index (κ3) is 6.14. The Hall–Kier alpha value is -3.37. The predicted octanol–water partition coefficient (Wildman–Crippen LogP) is 3.43. The number of hydrogen-bond acceptors (Lipinski definition) is 8. The summed E-state index contributed by atoms with van der Waals surface area (Å²) in [5.41, 5.74) is 1.36. The molecule has 2 aromatic heterocycles. The van der Waals surface area contributed by atoms with Crippen molar-refractivity contribution in [1.82, 2.24) is 24.8 Å². The molecule has 5 rings (SSSR count). The van der Waals surface area contributed by atoms with Crippen molar-refractivity contribution in [2.75, 3.05) is 57.1 Å². The average Bonchev–Trinajstić information content (AvgIpc) is 3.75. The fourth-order valence-electron chi connectivity index (χ4n) is 4.15. The minimum absolute atomic E-state index is 0.148. The molecule has 1 aliphatic carbocycles. The predicted molar refractivity (Wildman–Crippen MR) is 147 cm³/mol. The third-order valence-corrected chi connectivity index (χ3v) is 6.61. The lowest BCUT2D eigenvalue weighted by Crippen LogP contribution is -2.45. The van der Waals surface area contributed by atoms with Crippen LogP contribution in [-0.2, 0) is 4.79 Å². The van der Waals surface area contributed by atoms with Gasteiger partial charge in [-0.05, 0) is 44.2 Å². The number of fused-ring (bicyclic) bond motifs is 1. The van der Waals surface area contributed by atoms with Gasteiger partial charge in [-0.2, -0.15) is 4.98 Å². The van der Waals surface area contributed by atoms with Gasteiger partial charge in [-0.15, -0.1) is 0 Å². The lowest BCUT2D eigenvalue weighted by atomic mass is 10.1. The van der Waals surface area contributed by atoms with Gasteiger partial charge in [-0.1, -0.05) is 25.4 Å². The topological polar surface area (TPSA) is 105 Å². The van der Waals surface area contributed by atoms with Gasteiger partial charge in [-0.25, -0.2) is 4.98 Å². The van der Waals surface area contributed by atoms with Crippen LogP contribution in [0.1, 0.15) is 32.7 Å². The van der Waals surface area contributed by atoms with E-state index in [0.717, 1.165) is 55.6 Å². The van der Waals surface area contributed by atoms with Crippen molar-refractivity contribution in [3.05, 3.63) is 45.8 Å². The number of aromatic nitrogens is 3. The highest BCUT2D eigenvalue weighted by atomic mass is 35.5. The summed E-state index contributed by atoms with van der Waals surface area (Å²) < 4.78 is 7.33. The summed E-state index contributed by atoms with van der Waals surface area (Å²) in [5.74, 6) is 1.01. The second-order valence-electron chi connectivity index (χ2n) is 8.93. The number of rotatable bonds is 7. The molecule has 3 aromatic rings. The number of benzene rings is 1. The first-order valence-electron chi connectivity index (χ1n) is 12.7. The third-order valence-electron chi connectivity index (χ3n) is 6.33. The van der Waals surface area contributed by atoms with Gasteiger partial charge in [0, 0.05) is 50.3 Å². The van der Waals surface area contributed by atoms with E-state index in [2.05, 4.69) is 37.4 Å². The van der Waals surface area contributed by atoms with Crippen LogP contribution in [0.25, 0.3) is 10.9 Å². The lowest BCUT2D eigenvalue weighted by Gasteiger charge is -2.32. The van der Waals surface area contributed by atoms with Crippen molar-refractivity contribution in [3.63, 3.8) is 0 Å². The number of halogens is 1. The maximum atomic E-state index is 13.0. The molecule has 0 bridgehead atoms. The van der Waals surface area contributed by atoms with Crippen LogP contribution < -0.4 is 25.8 Å². The van der Waals surface area contributed by atoms with Crippen molar-refractivity contribution >= 4 is 45.9 Å². The van der Waals surface area contributed by atoms with E-state index in [-0.39, 0.29) is 29.9 Å². The number of nitrogens with zero attached hydrogens (tertiary/aromatic N) is 5. The van der Waals surface area contributed by atoms with E-state index in [4.69, 9.17) is 16.3 Å². The number of carbonyl (C=O) groups is 1. The Balaban J connectivity index is 0.00000156. The summed E-state index contributed by atoms with van der Waals surface area (Å²) in [4.78, 5) is 38.2. The first-order chi connectivity index (χ1) is 17.9. The molecule has 2 N–H and O–H groups in total. The van der Waals surface area contributed by atoms with E-state index in [1.807, 2.05) is 32.0 Å². The van der Waals surface area contributed by atoms with E-state index in [1.54, 1.807) is 16.8 Å². The Labute approximate surface area is 221 Å². The van der Waals surface area contributed by atoms with Crippen molar-refractivity contribution in [2.45, 2.75) is 32.7 Å². The monoisotopic (exact) mass is 527 g/mol. The highest BCUT2D eigenvalue weighted by Crippen LogP contribution is 2.37. The number of nitrogens with one attached hydrogen (secondary N) is 2. The molecule has 1 saturated carbocycles. The molecule has 3 heterocycles. The molecule has 0 spiro atoms. The summed E-state index contributed by atoms with van der Waals surface area (Å²) in [6.45, 7) is 7.39. The molecule has 0 atom stereocenters. The van der Waals surface area contributed by atoms with Gasteiger partial charge in [0.25, 0.3) is 11.5 Å². The molecular weight excluding hydrogens is 494 g/mol. The zero-order valence-corrected chi connectivity index (χ0v) is 22.5. The Morgan fingerprint density at radius 2 is 1.89 bits per heavy atom. The quantitative estimate of drug-likeness (QED) is 0.481. The maximum Gasteiger partial charge on any atom is 0.293 e. The van der Waals surface area contributed by atoms with Gasteiger partial charge >= 0.3 is 0 Å². The number of piperazine rings is 1. The number of hydrogen-bond donors (Lipinski definition) is 2. The molecule has 1 amide bonds. The summed E-state index contributed by atoms with van der Waals surface area (Å²) in [6.07, 6.45) is 3.50. The van der Waals surface area contributed by atoms with E-state index < -0.39 is 0 Å². The molecule has 1 aliphatic heterocycles. The van der Waals surface area contributed by atoms with Crippen LogP contribution in [0.2, 0.25) is 5.02 Å².